The van der Waals surface area contributed by atoms with E-state index < -0.39 is 22.0 Å². The zero-order valence-corrected chi connectivity index (χ0v) is 16.7. The van der Waals surface area contributed by atoms with Crippen LogP contribution in [-0.4, -0.2) is 36.2 Å². The van der Waals surface area contributed by atoms with Crippen LogP contribution in [0, 0.1) is 12.7 Å². The fourth-order valence-corrected chi connectivity index (χ4v) is 5.83. The number of sulfonamides is 1. The van der Waals surface area contributed by atoms with Gasteiger partial charge in [-0.1, -0.05) is 29.0 Å². The number of amides is 1. The molecule has 0 spiro atoms. The first-order valence-electron chi connectivity index (χ1n) is 8.80. The van der Waals surface area contributed by atoms with Crippen molar-refractivity contribution in [3.63, 3.8) is 0 Å². The SMILES string of the molecule is Cc1ccc(S(=O)(=O)N2CCCC2C(=O)Nc2nc3ccc(F)cc3s2)cc1. The molecule has 9 heteroatoms. The zero-order chi connectivity index (χ0) is 19.9. The number of aryl methyl sites for hydroxylation is 1. The summed E-state index contributed by atoms with van der Waals surface area (Å²) in [7, 11) is -3.77. The van der Waals surface area contributed by atoms with Gasteiger partial charge in [-0.25, -0.2) is 17.8 Å². The molecule has 6 nitrogen and oxygen atoms in total. The first-order chi connectivity index (χ1) is 13.3. The summed E-state index contributed by atoms with van der Waals surface area (Å²) in [6.45, 7) is 2.17. The lowest BCUT2D eigenvalue weighted by molar-refractivity contribution is -0.119. The van der Waals surface area contributed by atoms with Gasteiger partial charge in [-0.2, -0.15) is 4.31 Å². The number of anilines is 1. The number of rotatable bonds is 4. The quantitative estimate of drug-likeness (QED) is 0.702. The predicted octanol–water partition coefficient (Wildman–Crippen LogP) is 3.54. The molecule has 2 aromatic carbocycles. The zero-order valence-electron chi connectivity index (χ0n) is 15.1. The van der Waals surface area contributed by atoms with Crippen molar-refractivity contribution >= 4 is 42.6 Å². The van der Waals surface area contributed by atoms with Gasteiger partial charge in [-0.3, -0.25) is 4.79 Å². The summed E-state index contributed by atoms with van der Waals surface area (Å²) in [6.07, 6.45) is 1.05. The van der Waals surface area contributed by atoms with Crippen LogP contribution in [0.1, 0.15) is 18.4 Å². The Kier molecular flexibility index (Phi) is 4.90. The topological polar surface area (TPSA) is 79.4 Å². The molecular formula is C19H18FN3O3S2. The summed E-state index contributed by atoms with van der Waals surface area (Å²) in [5.74, 6) is -0.798. The number of hydrogen-bond acceptors (Lipinski definition) is 5. The molecule has 0 aliphatic carbocycles. The van der Waals surface area contributed by atoms with Crippen LogP contribution in [-0.2, 0) is 14.8 Å². The molecule has 1 amide bonds. The number of nitrogens with one attached hydrogen (secondary N) is 1. The van der Waals surface area contributed by atoms with E-state index >= 15 is 0 Å². The second kappa shape index (κ2) is 7.23. The van der Waals surface area contributed by atoms with Gasteiger partial charge in [0.05, 0.1) is 15.1 Å². The molecule has 1 fully saturated rings. The molecule has 1 atom stereocenters. The molecule has 1 aliphatic rings. The first kappa shape index (κ1) is 19.0. The minimum Gasteiger partial charge on any atom is -0.301 e. The molecule has 0 radical (unpaired) electrons. The Labute approximate surface area is 166 Å². The van der Waals surface area contributed by atoms with Crippen LogP contribution < -0.4 is 5.32 Å². The average Bonchev–Trinajstić information content (AvgIpc) is 3.28. The van der Waals surface area contributed by atoms with Gasteiger partial charge in [-0.05, 0) is 50.1 Å². The second-order valence-electron chi connectivity index (χ2n) is 6.71. The van der Waals surface area contributed by atoms with E-state index in [9.17, 15) is 17.6 Å². The Hall–Kier alpha value is -2.36. The third-order valence-corrected chi connectivity index (χ3v) is 7.57. The Morgan fingerprint density at radius 3 is 2.75 bits per heavy atom. The van der Waals surface area contributed by atoms with Gasteiger partial charge in [0.15, 0.2) is 5.13 Å². The van der Waals surface area contributed by atoms with Crippen molar-refractivity contribution in [2.24, 2.45) is 0 Å². The summed E-state index contributed by atoms with van der Waals surface area (Å²) in [5.41, 5.74) is 1.54. The van der Waals surface area contributed by atoms with E-state index in [-0.39, 0.29) is 10.7 Å². The third kappa shape index (κ3) is 3.52. The van der Waals surface area contributed by atoms with E-state index in [0.29, 0.717) is 34.7 Å². The molecular weight excluding hydrogens is 401 g/mol. The van der Waals surface area contributed by atoms with Crippen LogP contribution in [0.5, 0.6) is 0 Å². The van der Waals surface area contributed by atoms with Crippen LogP contribution in [0.2, 0.25) is 0 Å². The maximum Gasteiger partial charge on any atom is 0.244 e. The lowest BCUT2D eigenvalue weighted by atomic mass is 10.2. The van der Waals surface area contributed by atoms with E-state index in [2.05, 4.69) is 10.3 Å². The highest BCUT2D eigenvalue weighted by Gasteiger charge is 2.39. The van der Waals surface area contributed by atoms with Crippen LogP contribution in [0.25, 0.3) is 10.2 Å². The summed E-state index contributed by atoms with van der Waals surface area (Å²) >= 11 is 1.15. The van der Waals surface area contributed by atoms with Crippen LogP contribution >= 0.6 is 11.3 Å². The molecule has 146 valence electrons. The highest BCUT2D eigenvalue weighted by molar-refractivity contribution is 7.89. The standard InChI is InChI=1S/C19H18FN3O3S2/c1-12-4-7-14(8-5-12)28(25,26)23-10-2-3-16(23)18(24)22-19-21-15-9-6-13(20)11-17(15)27-19/h4-9,11,16H,2-3,10H2,1H3,(H,21,22,24). The number of aromatic nitrogens is 1. The smallest absolute Gasteiger partial charge is 0.244 e. The molecule has 4 rings (SSSR count). The van der Waals surface area contributed by atoms with E-state index in [1.165, 1.54) is 16.4 Å². The van der Waals surface area contributed by atoms with Gasteiger partial charge in [-0.15, -0.1) is 0 Å². The average molecular weight is 420 g/mol. The Balaban J connectivity index is 1.56. The molecule has 1 saturated heterocycles. The summed E-state index contributed by atoms with van der Waals surface area (Å²) in [6, 6.07) is 9.99. The fourth-order valence-electron chi connectivity index (χ4n) is 3.28. The van der Waals surface area contributed by atoms with Crippen LogP contribution in [0.3, 0.4) is 0 Å². The highest BCUT2D eigenvalue weighted by atomic mass is 32.2. The summed E-state index contributed by atoms with van der Waals surface area (Å²) < 4.78 is 41.2. The van der Waals surface area contributed by atoms with Gasteiger partial charge in [0.2, 0.25) is 15.9 Å². The molecule has 1 aliphatic heterocycles. The van der Waals surface area contributed by atoms with Gasteiger partial charge in [0.1, 0.15) is 11.9 Å². The van der Waals surface area contributed by atoms with E-state index in [1.54, 1.807) is 30.3 Å². The van der Waals surface area contributed by atoms with Crippen molar-refractivity contribution in [3.8, 4) is 0 Å². The van der Waals surface area contributed by atoms with Crippen molar-refractivity contribution in [1.82, 2.24) is 9.29 Å². The molecule has 1 unspecified atom stereocenters. The molecule has 1 aromatic heterocycles. The molecule has 0 bridgehead atoms. The predicted molar refractivity (Wildman–Crippen MR) is 106 cm³/mol. The fraction of sp³-hybridized carbons (Fsp3) is 0.263. The van der Waals surface area contributed by atoms with Crippen molar-refractivity contribution in [2.75, 3.05) is 11.9 Å². The number of carbonyl (C=O) groups is 1. The minimum atomic E-state index is -3.77. The molecule has 0 saturated carbocycles. The number of halogens is 1. The van der Waals surface area contributed by atoms with Crippen molar-refractivity contribution in [3.05, 3.63) is 53.8 Å². The van der Waals surface area contributed by atoms with Gasteiger partial charge in [0, 0.05) is 6.54 Å². The van der Waals surface area contributed by atoms with Gasteiger partial charge < -0.3 is 5.32 Å². The van der Waals surface area contributed by atoms with Crippen LogP contribution in [0.4, 0.5) is 9.52 Å². The first-order valence-corrected chi connectivity index (χ1v) is 11.1. The maximum absolute atomic E-state index is 13.3. The largest absolute Gasteiger partial charge is 0.301 e. The minimum absolute atomic E-state index is 0.174. The normalized spacial score (nSPS) is 17.9. The molecule has 3 aromatic rings. The Morgan fingerprint density at radius 2 is 2.00 bits per heavy atom. The number of hydrogen-bond donors (Lipinski definition) is 1. The van der Waals surface area contributed by atoms with E-state index in [0.717, 1.165) is 16.9 Å². The number of fused-ring (bicyclic) bond motifs is 1. The van der Waals surface area contributed by atoms with Gasteiger partial charge in [0.25, 0.3) is 0 Å². The maximum atomic E-state index is 13.3. The van der Waals surface area contributed by atoms with Crippen LogP contribution in [0.15, 0.2) is 47.4 Å². The van der Waals surface area contributed by atoms with Crippen molar-refractivity contribution < 1.29 is 17.6 Å². The molecule has 1 N–H and O–H groups in total. The summed E-state index contributed by atoms with van der Waals surface area (Å²) in [4.78, 5) is 17.2. The number of carbonyl (C=O) groups excluding carboxylic acids is 1. The third-order valence-electron chi connectivity index (χ3n) is 4.71. The van der Waals surface area contributed by atoms with E-state index in [4.69, 9.17) is 0 Å². The molecule has 2 heterocycles. The second-order valence-corrected chi connectivity index (χ2v) is 9.63. The summed E-state index contributed by atoms with van der Waals surface area (Å²) in [5, 5.41) is 3.02. The number of thiazole rings is 1. The molecule has 28 heavy (non-hydrogen) atoms. The lowest BCUT2D eigenvalue weighted by Gasteiger charge is -2.23. The van der Waals surface area contributed by atoms with Crippen molar-refractivity contribution in [2.45, 2.75) is 30.7 Å². The van der Waals surface area contributed by atoms with E-state index in [1.807, 2.05) is 6.92 Å². The Bertz CT molecular complexity index is 1140. The number of nitrogens with zero attached hydrogens (tertiary/aromatic N) is 2. The number of benzene rings is 2. The van der Waals surface area contributed by atoms with Gasteiger partial charge >= 0.3 is 0 Å². The monoisotopic (exact) mass is 419 g/mol. The van der Waals surface area contributed by atoms with Crippen molar-refractivity contribution in [1.29, 1.82) is 0 Å². The Morgan fingerprint density at radius 1 is 1.25 bits per heavy atom. The lowest BCUT2D eigenvalue weighted by Crippen LogP contribution is -2.43. The highest BCUT2D eigenvalue weighted by Crippen LogP contribution is 2.30.